The molecule has 1 aromatic carbocycles. The first-order valence-corrected chi connectivity index (χ1v) is 8.22. The van der Waals surface area contributed by atoms with E-state index in [2.05, 4.69) is 5.10 Å². The standard InChI is InChI=1S/C16H13Cl2N3O4/c1-3-4-11-14(21(23)24)15(20(2)19-11)13-7-12(22)9-5-8(17)6-10(18)16(9)25-13/h5-7H,3-4H2,1-2H3. The van der Waals surface area contributed by atoms with E-state index in [1.165, 1.54) is 22.9 Å². The van der Waals surface area contributed by atoms with Gasteiger partial charge in [0.1, 0.15) is 5.69 Å². The lowest BCUT2D eigenvalue weighted by molar-refractivity contribution is -0.385. The molecule has 0 saturated carbocycles. The Kier molecular flexibility index (Phi) is 4.53. The van der Waals surface area contributed by atoms with Gasteiger partial charge in [0.25, 0.3) is 0 Å². The van der Waals surface area contributed by atoms with E-state index in [1.807, 2.05) is 6.92 Å². The summed E-state index contributed by atoms with van der Waals surface area (Å²) < 4.78 is 7.07. The maximum absolute atomic E-state index is 12.4. The number of aromatic nitrogens is 2. The average Bonchev–Trinajstić information content (AvgIpc) is 2.85. The normalized spacial score (nSPS) is 11.2. The van der Waals surface area contributed by atoms with Crippen LogP contribution in [0.3, 0.4) is 0 Å². The molecule has 2 aromatic heterocycles. The van der Waals surface area contributed by atoms with Crippen molar-refractivity contribution in [3.05, 3.63) is 54.3 Å². The van der Waals surface area contributed by atoms with Crippen LogP contribution in [0, 0.1) is 10.1 Å². The Labute approximate surface area is 151 Å². The van der Waals surface area contributed by atoms with Crippen molar-refractivity contribution >= 4 is 39.9 Å². The van der Waals surface area contributed by atoms with Gasteiger partial charge in [-0.05, 0) is 18.6 Å². The molecule has 0 fully saturated rings. The van der Waals surface area contributed by atoms with Crippen molar-refractivity contribution in [3.63, 3.8) is 0 Å². The molecule has 9 heteroatoms. The monoisotopic (exact) mass is 381 g/mol. The molecule has 3 aromatic rings. The summed E-state index contributed by atoms with van der Waals surface area (Å²) in [5.74, 6) is 0.0331. The summed E-state index contributed by atoms with van der Waals surface area (Å²) >= 11 is 12.0. The topological polar surface area (TPSA) is 91.2 Å². The zero-order chi connectivity index (χ0) is 18.3. The quantitative estimate of drug-likeness (QED) is 0.494. The number of aryl methyl sites for hydroxylation is 2. The number of benzene rings is 1. The maximum Gasteiger partial charge on any atom is 0.321 e. The first-order chi connectivity index (χ1) is 11.8. The maximum atomic E-state index is 12.4. The van der Waals surface area contributed by atoms with Gasteiger partial charge in [0.15, 0.2) is 22.5 Å². The number of nitrogens with zero attached hydrogens (tertiary/aromatic N) is 3. The summed E-state index contributed by atoms with van der Waals surface area (Å²) in [5, 5.41) is 16.4. The molecular formula is C16H13Cl2N3O4. The first-order valence-electron chi connectivity index (χ1n) is 7.47. The number of nitro groups is 1. The molecule has 25 heavy (non-hydrogen) atoms. The third-order valence-electron chi connectivity index (χ3n) is 3.74. The largest absolute Gasteiger partial charge is 0.452 e. The minimum atomic E-state index is -0.513. The Balaban J connectivity index is 2.34. The Morgan fingerprint density at radius 3 is 2.68 bits per heavy atom. The highest BCUT2D eigenvalue weighted by molar-refractivity contribution is 6.38. The summed E-state index contributed by atoms with van der Waals surface area (Å²) in [6.07, 6.45) is 1.14. The van der Waals surface area contributed by atoms with Gasteiger partial charge in [0, 0.05) is 18.1 Å². The summed E-state index contributed by atoms with van der Waals surface area (Å²) in [7, 11) is 1.56. The van der Waals surface area contributed by atoms with Crippen LogP contribution in [0.1, 0.15) is 19.0 Å². The van der Waals surface area contributed by atoms with Crippen molar-refractivity contribution in [2.75, 3.05) is 0 Å². The van der Waals surface area contributed by atoms with Crippen LogP contribution in [-0.2, 0) is 13.5 Å². The van der Waals surface area contributed by atoms with E-state index in [-0.39, 0.29) is 33.1 Å². The van der Waals surface area contributed by atoms with Crippen LogP contribution in [0.2, 0.25) is 10.0 Å². The summed E-state index contributed by atoms with van der Waals surface area (Å²) in [6, 6.07) is 4.08. The number of hydrogen-bond donors (Lipinski definition) is 0. The number of fused-ring (bicyclic) bond motifs is 1. The van der Waals surface area contributed by atoms with Gasteiger partial charge in [-0.15, -0.1) is 0 Å². The molecule has 2 heterocycles. The Morgan fingerprint density at radius 2 is 2.04 bits per heavy atom. The van der Waals surface area contributed by atoms with Gasteiger partial charge >= 0.3 is 5.69 Å². The molecule has 0 aliphatic rings. The third-order valence-corrected chi connectivity index (χ3v) is 4.24. The molecule has 0 aliphatic heterocycles. The zero-order valence-corrected chi connectivity index (χ0v) is 14.9. The first kappa shape index (κ1) is 17.4. The molecule has 0 saturated heterocycles. The Bertz CT molecular complexity index is 1060. The minimum absolute atomic E-state index is 0.0331. The van der Waals surface area contributed by atoms with Crippen molar-refractivity contribution in [1.29, 1.82) is 0 Å². The molecule has 130 valence electrons. The summed E-state index contributed by atoms with van der Waals surface area (Å²) in [5.41, 5.74) is 0.0275. The molecule has 3 rings (SSSR count). The summed E-state index contributed by atoms with van der Waals surface area (Å²) in [6.45, 7) is 1.90. The molecule has 0 spiro atoms. The van der Waals surface area contributed by atoms with E-state index in [0.717, 1.165) is 0 Å². The molecule has 0 amide bonds. The van der Waals surface area contributed by atoms with E-state index in [9.17, 15) is 14.9 Å². The number of hydrogen-bond acceptors (Lipinski definition) is 5. The van der Waals surface area contributed by atoms with Gasteiger partial charge in [0.05, 0.1) is 15.3 Å². The zero-order valence-electron chi connectivity index (χ0n) is 13.4. The molecule has 0 aliphatic carbocycles. The SMILES string of the molecule is CCCc1nn(C)c(-c2cc(=O)c3cc(Cl)cc(Cl)c3o2)c1[N+](=O)[O-]. The van der Waals surface area contributed by atoms with Gasteiger partial charge in [0.2, 0.25) is 0 Å². The van der Waals surface area contributed by atoms with Gasteiger partial charge in [-0.1, -0.05) is 36.5 Å². The predicted molar refractivity (Wildman–Crippen MR) is 95.4 cm³/mol. The number of halogens is 2. The molecule has 7 nitrogen and oxygen atoms in total. The fourth-order valence-electron chi connectivity index (χ4n) is 2.74. The van der Waals surface area contributed by atoms with Crippen LogP contribution in [0.15, 0.2) is 27.4 Å². The molecule has 0 unspecified atom stereocenters. The highest BCUT2D eigenvalue weighted by Crippen LogP contribution is 2.35. The second-order valence-electron chi connectivity index (χ2n) is 5.51. The lowest BCUT2D eigenvalue weighted by Crippen LogP contribution is -2.04. The highest BCUT2D eigenvalue weighted by atomic mass is 35.5. The van der Waals surface area contributed by atoms with E-state index in [4.69, 9.17) is 27.6 Å². The molecule has 0 bridgehead atoms. The van der Waals surface area contributed by atoms with Gasteiger partial charge in [-0.25, -0.2) is 0 Å². The molecule has 0 atom stereocenters. The summed E-state index contributed by atoms with van der Waals surface area (Å²) in [4.78, 5) is 23.5. The van der Waals surface area contributed by atoms with Crippen LogP contribution >= 0.6 is 23.2 Å². The average molecular weight is 382 g/mol. The van der Waals surface area contributed by atoms with Gasteiger partial charge in [-0.2, -0.15) is 5.10 Å². The van der Waals surface area contributed by atoms with Crippen molar-refractivity contribution in [1.82, 2.24) is 9.78 Å². The smallest absolute Gasteiger partial charge is 0.321 e. The van der Waals surface area contributed by atoms with Crippen LogP contribution < -0.4 is 5.43 Å². The van der Waals surface area contributed by atoms with E-state index < -0.39 is 10.4 Å². The highest BCUT2D eigenvalue weighted by Gasteiger charge is 2.29. The van der Waals surface area contributed by atoms with Crippen LogP contribution in [0.5, 0.6) is 0 Å². The fraction of sp³-hybridized carbons (Fsp3) is 0.250. The second-order valence-corrected chi connectivity index (χ2v) is 6.36. The van der Waals surface area contributed by atoms with E-state index in [1.54, 1.807) is 7.05 Å². The predicted octanol–water partition coefficient (Wildman–Crippen LogP) is 4.36. The number of rotatable bonds is 4. The third kappa shape index (κ3) is 3.01. The van der Waals surface area contributed by atoms with E-state index >= 15 is 0 Å². The Hall–Kier alpha value is -2.38. The van der Waals surface area contributed by atoms with Crippen LogP contribution in [0.4, 0.5) is 5.69 Å². The van der Waals surface area contributed by atoms with Gasteiger partial charge in [-0.3, -0.25) is 19.6 Å². The van der Waals surface area contributed by atoms with Crippen molar-refractivity contribution in [3.8, 4) is 11.5 Å². The van der Waals surface area contributed by atoms with Crippen LogP contribution in [0.25, 0.3) is 22.4 Å². The fourth-order valence-corrected chi connectivity index (χ4v) is 3.27. The minimum Gasteiger partial charge on any atom is -0.452 e. The van der Waals surface area contributed by atoms with E-state index in [0.29, 0.717) is 23.6 Å². The molecule has 0 N–H and O–H groups in total. The second kappa shape index (κ2) is 6.50. The van der Waals surface area contributed by atoms with Crippen molar-refractivity contribution in [2.45, 2.75) is 19.8 Å². The Morgan fingerprint density at radius 1 is 1.32 bits per heavy atom. The molecular weight excluding hydrogens is 369 g/mol. The lowest BCUT2D eigenvalue weighted by atomic mass is 10.1. The van der Waals surface area contributed by atoms with Crippen molar-refractivity contribution in [2.24, 2.45) is 7.05 Å². The van der Waals surface area contributed by atoms with Crippen LogP contribution in [-0.4, -0.2) is 14.7 Å². The molecule has 0 radical (unpaired) electrons. The van der Waals surface area contributed by atoms with Gasteiger partial charge < -0.3 is 4.42 Å². The lowest BCUT2D eigenvalue weighted by Gasteiger charge is -2.05. The van der Waals surface area contributed by atoms with Crippen molar-refractivity contribution < 1.29 is 9.34 Å².